The lowest BCUT2D eigenvalue weighted by Gasteiger charge is -2.27. The standard InChI is InChI=1S/C14H28N2O/c1-4-12(5-2)16-14(17)11(3)15-13-9-7-6-8-10-13/h11-13,15H,4-10H2,1-3H3,(H,16,17). The third-order valence-corrected chi connectivity index (χ3v) is 3.82. The number of rotatable bonds is 6. The summed E-state index contributed by atoms with van der Waals surface area (Å²) in [7, 11) is 0. The molecule has 0 aromatic carbocycles. The van der Waals surface area contributed by atoms with Gasteiger partial charge in [-0.05, 0) is 32.6 Å². The zero-order valence-corrected chi connectivity index (χ0v) is 11.6. The number of nitrogens with one attached hydrogen (secondary N) is 2. The van der Waals surface area contributed by atoms with Crippen molar-refractivity contribution >= 4 is 5.91 Å². The predicted molar refractivity (Wildman–Crippen MR) is 72.0 cm³/mol. The summed E-state index contributed by atoms with van der Waals surface area (Å²) in [5.74, 6) is 0.157. The number of carbonyl (C=O) groups excluding carboxylic acids is 1. The maximum absolute atomic E-state index is 12.0. The summed E-state index contributed by atoms with van der Waals surface area (Å²) in [4.78, 5) is 12.0. The largest absolute Gasteiger partial charge is 0.352 e. The fourth-order valence-electron chi connectivity index (χ4n) is 2.52. The van der Waals surface area contributed by atoms with Crippen LogP contribution < -0.4 is 10.6 Å². The first kappa shape index (κ1) is 14.5. The monoisotopic (exact) mass is 240 g/mol. The molecular weight excluding hydrogens is 212 g/mol. The van der Waals surface area contributed by atoms with Crippen LogP contribution in [0.15, 0.2) is 0 Å². The third-order valence-electron chi connectivity index (χ3n) is 3.82. The first-order valence-electron chi connectivity index (χ1n) is 7.23. The van der Waals surface area contributed by atoms with Crippen LogP contribution >= 0.6 is 0 Å². The molecule has 0 saturated heterocycles. The van der Waals surface area contributed by atoms with Crippen LogP contribution in [0.1, 0.15) is 65.7 Å². The minimum absolute atomic E-state index is 0.0568. The zero-order chi connectivity index (χ0) is 12.7. The van der Waals surface area contributed by atoms with Gasteiger partial charge in [-0.25, -0.2) is 0 Å². The molecule has 0 aromatic heterocycles. The Balaban J connectivity index is 2.30. The molecule has 1 aliphatic carbocycles. The lowest BCUT2D eigenvalue weighted by Crippen LogP contribution is -2.49. The van der Waals surface area contributed by atoms with Crippen LogP contribution in [0.25, 0.3) is 0 Å². The van der Waals surface area contributed by atoms with E-state index in [0.29, 0.717) is 12.1 Å². The molecule has 1 fully saturated rings. The molecule has 0 spiro atoms. The van der Waals surface area contributed by atoms with Gasteiger partial charge in [0.15, 0.2) is 0 Å². The summed E-state index contributed by atoms with van der Waals surface area (Å²) in [6.45, 7) is 6.22. The molecule has 3 heteroatoms. The average Bonchev–Trinajstić information content (AvgIpc) is 2.36. The van der Waals surface area contributed by atoms with Gasteiger partial charge in [0.1, 0.15) is 0 Å². The molecule has 0 aliphatic heterocycles. The highest BCUT2D eigenvalue weighted by Gasteiger charge is 2.20. The molecule has 1 amide bonds. The Hall–Kier alpha value is -0.570. The van der Waals surface area contributed by atoms with Crippen molar-refractivity contribution in [2.45, 2.75) is 83.8 Å². The molecule has 1 rings (SSSR count). The van der Waals surface area contributed by atoms with Gasteiger partial charge >= 0.3 is 0 Å². The van der Waals surface area contributed by atoms with Gasteiger partial charge in [-0.3, -0.25) is 4.79 Å². The van der Waals surface area contributed by atoms with E-state index in [1.807, 2.05) is 6.92 Å². The smallest absolute Gasteiger partial charge is 0.237 e. The SMILES string of the molecule is CCC(CC)NC(=O)C(C)NC1CCCCC1. The van der Waals surface area contributed by atoms with Crippen LogP contribution in [-0.2, 0) is 4.79 Å². The van der Waals surface area contributed by atoms with Crippen molar-refractivity contribution in [2.75, 3.05) is 0 Å². The van der Waals surface area contributed by atoms with E-state index in [1.54, 1.807) is 0 Å². The van der Waals surface area contributed by atoms with E-state index in [9.17, 15) is 4.79 Å². The van der Waals surface area contributed by atoms with Crippen molar-refractivity contribution in [3.63, 3.8) is 0 Å². The van der Waals surface area contributed by atoms with Crippen molar-refractivity contribution in [3.05, 3.63) is 0 Å². The molecule has 1 atom stereocenters. The van der Waals surface area contributed by atoms with E-state index in [0.717, 1.165) is 12.8 Å². The second-order valence-electron chi connectivity index (χ2n) is 5.25. The van der Waals surface area contributed by atoms with E-state index in [1.165, 1.54) is 32.1 Å². The van der Waals surface area contributed by atoms with Gasteiger partial charge in [0.25, 0.3) is 0 Å². The summed E-state index contributed by atoms with van der Waals surface area (Å²) >= 11 is 0. The normalized spacial score (nSPS) is 19.3. The van der Waals surface area contributed by atoms with Crippen molar-refractivity contribution in [2.24, 2.45) is 0 Å². The molecule has 0 heterocycles. The van der Waals surface area contributed by atoms with E-state index < -0.39 is 0 Å². The van der Waals surface area contributed by atoms with E-state index in [4.69, 9.17) is 0 Å². The average molecular weight is 240 g/mol. The molecule has 17 heavy (non-hydrogen) atoms. The number of hydrogen-bond donors (Lipinski definition) is 2. The number of amides is 1. The Morgan fingerprint density at radius 2 is 1.76 bits per heavy atom. The third kappa shape index (κ3) is 5.07. The predicted octanol–water partition coefficient (Wildman–Crippen LogP) is 2.60. The minimum atomic E-state index is -0.0568. The van der Waals surface area contributed by atoms with Crippen LogP contribution in [-0.4, -0.2) is 24.0 Å². The van der Waals surface area contributed by atoms with Crippen molar-refractivity contribution < 1.29 is 4.79 Å². The van der Waals surface area contributed by atoms with E-state index >= 15 is 0 Å². The first-order chi connectivity index (χ1) is 8.17. The topological polar surface area (TPSA) is 41.1 Å². The molecule has 3 nitrogen and oxygen atoms in total. The lowest BCUT2D eigenvalue weighted by atomic mass is 9.95. The van der Waals surface area contributed by atoms with E-state index in [-0.39, 0.29) is 11.9 Å². The Labute approximate surface area is 106 Å². The van der Waals surface area contributed by atoms with Crippen LogP contribution in [0.3, 0.4) is 0 Å². The van der Waals surface area contributed by atoms with Gasteiger partial charge in [0.05, 0.1) is 6.04 Å². The molecule has 0 radical (unpaired) electrons. The second-order valence-corrected chi connectivity index (χ2v) is 5.25. The highest BCUT2D eigenvalue weighted by molar-refractivity contribution is 5.81. The van der Waals surface area contributed by atoms with Crippen molar-refractivity contribution in [1.29, 1.82) is 0 Å². The summed E-state index contributed by atoms with van der Waals surface area (Å²) in [6, 6.07) is 0.822. The molecule has 1 aliphatic rings. The van der Waals surface area contributed by atoms with Crippen molar-refractivity contribution in [1.82, 2.24) is 10.6 Å². The van der Waals surface area contributed by atoms with Crippen LogP contribution in [0, 0.1) is 0 Å². The quantitative estimate of drug-likeness (QED) is 0.749. The van der Waals surface area contributed by atoms with Gasteiger partial charge in [-0.1, -0.05) is 33.1 Å². The number of hydrogen-bond acceptors (Lipinski definition) is 2. The van der Waals surface area contributed by atoms with Gasteiger partial charge in [-0.15, -0.1) is 0 Å². The molecule has 1 saturated carbocycles. The van der Waals surface area contributed by atoms with Crippen LogP contribution in [0.2, 0.25) is 0 Å². The Morgan fingerprint density at radius 3 is 2.29 bits per heavy atom. The molecule has 2 N–H and O–H groups in total. The highest BCUT2D eigenvalue weighted by atomic mass is 16.2. The Kier molecular flexibility index (Phi) is 6.56. The van der Waals surface area contributed by atoms with Gasteiger partial charge in [0.2, 0.25) is 5.91 Å². The van der Waals surface area contributed by atoms with E-state index in [2.05, 4.69) is 24.5 Å². The summed E-state index contributed by atoms with van der Waals surface area (Å²) in [6.07, 6.45) is 8.44. The summed E-state index contributed by atoms with van der Waals surface area (Å²) < 4.78 is 0. The first-order valence-corrected chi connectivity index (χ1v) is 7.23. The van der Waals surface area contributed by atoms with Gasteiger partial charge in [0, 0.05) is 12.1 Å². The Morgan fingerprint density at radius 1 is 1.18 bits per heavy atom. The van der Waals surface area contributed by atoms with Crippen LogP contribution in [0.4, 0.5) is 0 Å². The molecule has 1 unspecified atom stereocenters. The fraction of sp³-hybridized carbons (Fsp3) is 0.929. The Bertz CT molecular complexity index is 220. The lowest BCUT2D eigenvalue weighted by molar-refractivity contribution is -0.123. The molecular formula is C14H28N2O. The van der Waals surface area contributed by atoms with Gasteiger partial charge in [-0.2, -0.15) is 0 Å². The van der Waals surface area contributed by atoms with Crippen LogP contribution in [0.5, 0.6) is 0 Å². The number of carbonyl (C=O) groups is 1. The van der Waals surface area contributed by atoms with Gasteiger partial charge < -0.3 is 10.6 Å². The summed E-state index contributed by atoms with van der Waals surface area (Å²) in [5, 5.41) is 6.56. The molecule has 0 aromatic rings. The fourth-order valence-corrected chi connectivity index (χ4v) is 2.52. The maximum atomic E-state index is 12.0. The molecule has 100 valence electrons. The van der Waals surface area contributed by atoms with Crippen molar-refractivity contribution in [3.8, 4) is 0 Å². The highest BCUT2D eigenvalue weighted by Crippen LogP contribution is 2.17. The minimum Gasteiger partial charge on any atom is -0.352 e. The zero-order valence-electron chi connectivity index (χ0n) is 11.6. The molecule has 0 bridgehead atoms. The maximum Gasteiger partial charge on any atom is 0.237 e. The second kappa shape index (κ2) is 7.70. The summed E-state index contributed by atoms with van der Waals surface area (Å²) in [5.41, 5.74) is 0.